The second-order valence-corrected chi connectivity index (χ2v) is 2.52. The van der Waals surface area contributed by atoms with E-state index in [1.165, 1.54) is 16.9 Å². The highest BCUT2D eigenvalue weighted by molar-refractivity contribution is 5.15. The lowest BCUT2D eigenvalue weighted by Gasteiger charge is -1.96. The van der Waals surface area contributed by atoms with E-state index in [9.17, 15) is 10.1 Å². The summed E-state index contributed by atoms with van der Waals surface area (Å²) < 4.78 is 1.42. The third-order valence-corrected chi connectivity index (χ3v) is 1.60. The second-order valence-electron chi connectivity index (χ2n) is 2.52. The highest BCUT2D eigenvalue weighted by atomic mass is 16.6. The average Bonchev–Trinajstić information content (AvgIpc) is 2.48. The third kappa shape index (κ3) is 1.81. The van der Waals surface area contributed by atoms with Gasteiger partial charge in [-0.05, 0) is 11.3 Å². The van der Waals surface area contributed by atoms with E-state index < -0.39 is 4.92 Å². The van der Waals surface area contributed by atoms with Crippen LogP contribution in [-0.4, -0.2) is 14.7 Å². The van der Waals surface area contributed by atoms with Gasteiger partial charge in [0.2, 0.25) is 0 Å². The van der Waals surface area contributed by atoms with Crippen molar-refractivity contribution >= 4 is 5.82 Å². The second kappa shape index (κ2) is 3.85. The Balaban J connectivity index is 2.70. The summed E-state index contributed by atoms with van der Waals surface area (Å²) in [5.74, 6) is 0.0726. The van der Waals surface area contributed by atoms with Gasteiger partial charge >= 0.3 is 5.82 Å². The van der Waals surface area contributed by atoms with Gasteiger partial charge in [0.1, 0.15) is 6.54 Å². The minimum absolute atomic E-state index is 0.0726. The summed E-state index contributed by atoms with van der Waals surface area (Å²) in [6.07, 6.45) is 3.38. The molecule has 0 aliphatic carbocycles. The number of aromatic nitrogens is 2. The predicted molar refractivity (Wildman–Crippen MR) is 43.8 cm³/mol. The zero-order valence-corrected chi connectivity index (χ0v) is 6.93. The van der Waals surface area contributed by atoms with Gasteiger partial charge in [0, 0.05) is 0 Å². The van der Waals surface area contributed by atoms with Gasteiger partial charge in [-0.15, -0.1) is 4.68 Å². The highest BCUT2D eigenvalue weighted by Gasteiger charge is 2.11. The molecule has 66 valence electrons. The lowest BCUT2D eigenvalue weighted by molar-refractivity contribution is -0.392. The van der Waals surface area contributed by atoms with Crippen LogP contribution in [0.1, 0.15) is 19.8 Å². The molecule has 0 atom stereocenters. The first-order valence-electron chi connectivity index (χ1n) is 3.92. The molecule has 1 heterocycles. The molecule has 0 unspecified atom stereocenters. The van der Waals surface area contributed by atoms with Gasteiger partial charge in [0.25, 0.3) is 0 Å². The Morgan fingerprint density at radius 3 is 3.08 bits per heavy atom. The van der Waals surface area contributed by atoms with Crippen molar-refractivity contribution in [3.05, 3.63) is 22.4 Å². The molecule has 1 aromatic heterocycles. The van der Waals surface area contributed by atoms with E-state index in [2.05, 4.69) is 5.10 Å². The van der Waals surface area contributed by atoms with Crippen LogP contribution in [0.25, 0.3) is 0 Å². The molecule has 0 saturated heterocycles. The van der Waals surface area contributed by atoms with Gasteiger partial charge in [-0.3, -0.25) is 0 Å². The molecule has 0 saturated carbocycles. The van der Waals surface area contributed by atoms with Gasteiger partial charge in [-0.2, -0.15) is 0 Å². The van der Waals surface area contributed by atoms with E-state index in [1.807, 2.05) is 6.92 Å². The summed E-state index contributed by atoms with van der Waals surface area (Å²) in [5, 5.41) is 14.2. The molecule has 0 bridgehead atoms. The van der Waals surface area contributed by atoms with Crippen molar-refractivity contribution in [2.24, 2.45) is 0 Å². The highest BCUT2D eigenvalue weighted by Crippen LogP contribution is 2.09. The van der Waals surface area contributed by atoms with E-state index >= 15 is 0 Å². The van der Waals surface area contributed by atoms with E-state index in [0.717, 1.165) is 12.8 Å². The molecular weight excluding hydrogens is 158 g/mol. The normalized spacial score (nSPS) is 10.1. The molecule has 5 heteroatoms. The Bertz CT molecular complexity index is 269. The number of hydrogen-bond acceptors (Lipinski definition) is 3. The Hall–Kier alpha value is -1.39. The van der Waals surface area contributed by atoms with E-state index in [1.54, 1.807) is 0 Å². The van der Waals surface area contributed by atoms with E-state index in [4.69, 9.17) is 0 Å². The molecule has 0 spiro atoms. The maximum Gasteiger partial charge on any atom is 0.344 e. The molecule has 0 fully saturated rings. The van der Waals surface area contributed by atoms with Gasteiger partial charge in [-0.1, -0.05) is 18.4 Å². The Kier molecular flexibility index (Phi) is 2.79. The largest absolute Gasteiger partial charge is 0.358 e. The van der Waals surface area contributed by atoms with Crippen LogP contribution in [0.2, 0.25) is 0 Å². The first kappa shape index (κ1) is 8.70. The predicted octanol–water partition coefficient (Wildman–Crippen LogP) is 1.59. The third-order valence-electron chi connectivity index (χ3n) is 1.60. The van der Waals surface area contributed by atoms with Crippen molar-refractivity contribution in [3.8, 4) is 0 Å². The van der Waals surface area contributed by atoms with Crippen LogP contribution in [0.15, 0.2) is 12.3 Å². The number of rotatable bonds is 4. The minimum Gasteiger partial charge on any atom is -0.358 e. The molecule has 5 nitrogen and oxygen atoms in total. The molecule has 0 radical (unpaired) electrons. The van der Waals surface area contributed by atoms with Gasteiger partial charge in [-0.25, -0.2) is 0 Å². The number of unbranched alkanes of at least 4 members (excludes halogenated alkanes) is 1. The van der Waals surface area contributed by atoms with Crippen LogP contribution in [0.5, 0.6) is 0 Å². The Labute approximate surface area is 70.2 Å². The fraction of sp³-hybridized carbons (Fsp3) is 0.571. The van der Waals surface area contributed by atoms with Crippen molar-refractivity contribution in [1.82, 2.24) is 9.78 Å². The molecule has 0 amide bonds. The van der Waals surface area contributed by atoms with Crippen molar-refractivity contribution in [3.63, 3.8) is 0 Å². The van der Waals surface area contributed by atoms with Gasteiger partial charge < -0.3 is 10.1 Å². The SMILES string of the molecule is CCCCn1nccc1[N+](=O)[O-]. The summed E-state index contributed by atoms with van der Waals surface area (Å²) in [7, 11) is 0. The number of nitro groups is 1. The van der Waals surface area contributed by atoms with Crippen LogP contribution < -0.4 is 0 Å². The maximum atomic E-state index is 10.4. The van der Waals surface area contributed by atoms with E-state index in [-0.39, 0.29) is 5.82 Å². The summed E-state index contributed by atoms with van der Waals surface area (Å²) in [6.45, 7) is 2.66. The minimum atomic E-state index is -0.414. The number of hydrogen-bond donors (Lipinski definition) is 0. The van der Waals surface area contributed by atoms with Crippen LogP contribution in [-0.2, 0) is 6.54 Å². The number of nitrogens with zero attached hydrogens (tertiary/aromatic N) is 3. The molecule has 1 aromatic rings. The maximum absolute atomic E-state index is 10.4. The van der Waals surface area contributed by atoms with Gasteiger partial charge in [0.15, 0.2) is 0 Å². The monoisotopic (exact) mass is 169 g/mol. The molecule has 0 N–H and O–H groups in total. The molecule has 0 aromatic carbocycles. The average molecular weight is 169 g/mol. The Morgan fingerprint density at radius 1 is 1.75 bits per heavy atom. The van der Waals surface area contributed by atoms with Gasteiger partial charge in [0.05, 0.1) is 12.3 Å². The smallest absolute Gasteiger partial charge is 0.344 e. The van der Waals surface area contributed by atoms with Crippen molar-refractivity contribution in [2.45, 2.75) is 26.3 Å². The zero-order valence-electron chi connectivity index (χ0n) is 6.93. The summed E-state index contributed by atoms with van der Waals surface area (Å²) in [6, 6.07) is 1.41. The molecule has 0 aliphatic rings. The summed E-state index contributed by atoms with van der Waals surface area (Å²) in [5.41, 5.74) is 0. The van der Waals surface area contributed by atoms with Crippen LogP contribution in [0.3, 0.4) is 0 Å². The first-order chi connectivity index (χ1) is 5.75. The van der Waals surface area contributed by atoms with Crippen LogP contribution in [0.4, 0.5) is 5.82 Å². The molecule has 12 heavy (non-hydrogen) atoms. The fourth-order valence-electron chi connectivity index (χ4n) is 0.961. The van der Waals surface area contributed by atoms with Crippen LogP contribution >= 0.6 is 0 Å². The molecular formula is C7H11N3O2. The topological polar surface area (TPSA) is 61.0 Å². The number of aryl methyl sites for hydroxylation is 1. The molecule has 0 aliphatic heterocycles. The lowest BCUT2D eigenvalue weighted by atomic mass is 10.3. The standard InChI is InChI=1S/C7H11N3O2/c1-2-3-6-9-7(10(11)12)4-5-8-9/h4-5H,2-3,6H2,1H3. The quantitative estimate of drug-likeness (QED) is 0.508. The lowest BCUT2D eigenvalue weighted by Crippen LogP contribution is -2.04. The van der Waals surface area contributed by atoms with Crippen molar-refractivity contribution in [2.75, 3.05) is 0 Å². The summed E-state index contributed by atoms with van der Waals surface area (Å²) >= 11 is 0. The molecule has 1 rings (SSSR count). The summed E-state index contributed by atoms with van der Waals surface area (Å²) in [4.78, 5) is 9.98. The van der Waals surface area contributed by atoms with E-state index in [0.29, 0.717) is 6.54 Å². The fourth-order valence-corrected chi connectivity index (χ4v) is 0.961. The first-order valence-corrected chi connectivity index (χ1v) is 3.92. The Morgan fingerprint density at radius 2 is 2.50 bits per heavy atom. The van der Waals surface area contributed by atoms with Crippen LogP contribution in [0, 0.1) is 10.1 Å². The van der Waals surface area contributed by atoms with Crippen molar-refractivity contribution < 1.29 is 4.92 Å². The zero-order chi connectivity index (χ0) is 8.97. The van der Waals surface area contributed by atoms with Crippen molar-refractivity contribution in [1.29, 1.82) is 0 Å².